The van der Waals surface area contributed by atoms with Gasteiger partial charge in [0.15, 0.2) is 0 Å². The van der Waals surface area contributed by atoms with Crippen molar-refractivity contribution in [3.8, 4) is 22.3 Å². The molecule has 4 heteroatoms. The summed E-state index contributed by atoms with van der Waals surface area (Å²) in [5.41, 5.74) is 5.49. The summed E-state index contributed by atoms with van der Waals surface area (Å²) in [6.45, 7) is 0. The number of rotatable bonds is 3. The molecule has 0 fully saturated rings. The zero-order chi connectivity index (χ0) is 17.2. The zero-order valence-electron chi connectivity index (χ0n) is 13.7. The van der Waals surface area contributed by atoms with Crippen LogP contribution in [-0.2, 0) is 4.74 Å². The predicted octanol–water partition coefficient (Wildman–Crippen LogP) is 4.68. The molecule has 0 spiro atoms. The normalized spacial score (nSPS) is 10.8. The van der Waals surface area contributed by atoms with Crippen LogP contribution in [0.15, 0.2) is 73.1 Å². The van der Waals surface area contributed by atoms with Crippen molar-refractivity contribution in [2.75, 3.05) is 7.11 Å². The third kappa shape index (κ3) is 2.68. The number of ether oxygens (including phenoxy) is 1. The molecule has 2 aromatic heterocycles. The summed E-state index contributed by atoms with van der Waals surface area (Å²) in [4.78, 5) is 19.5. The maximum absolute atomic E-state index is 12.0. The summed E-state index contributed by atoms with van der Waals surface area (Å²) >= 11 is 0. The highest BCUT2D eigenvalue weighted by molar-refractivity contribution is 6.00. The molecule has 2 heterocycles. The predicted molar refractivity (Wildman–Crippen MR) is 98.3 cm³/mol. The van der Waals surface area contributed by atoms with Crippen LogP contribution in [-0.4, -0.2) is 23.0 Å². The number of pyridine rings is 1. The van der Waals surface area contributed by atoms with E-state index in [0.717, 1.165) is 33.3 Å². The van der Waals surface area contributed by atoms with Gasteiger partial charge in [-0.25, -0.2) is 9.78 Å². The van der Waals surface area contributed by atoms with Gasteiger partial charge < -0.3 is 9.72 Å². The van der Waals surface area contributed by atoms with Gasteiger partial charge in [-0.05, 0) is 41.0 Å². The van der Waals surface area contributed by atoms with Crippen molar-refractivity contribution in [1.82, 2.24) is 9.97 Å². The largest absolute Gasteiger partial charge is 0.465 e. The lowest BCUT2D eigenvalue weighted by Gasteiger charge is -2.11. The molecule has 0 bridgehead atoms. The standard InChI is InChI=1S/C21H16N2O2/c1-25-21(24)15-9-10-16(18(12-15)14-6-3-2-4-7-14)19-13-23-20-17(19)8-5-11-22-20/h2-13H,1H3,(H,22,23). The molecule has 0 aliphatic rings. The second kappa shape index (κ2) is 6.24. The fourth-order valence-electron chi connectivity index (χ4n) is 3.06. The first-order valence-electron chi connectivity index (χ1n) is 7.98. The maximum atomic E-state index is 12.0. The molecule has 0 atom stereocenters. The Morgan fingerprint density at radius 1 is 0.960 bits per heavy atom. The van der Waals surface area contributed by atoms with Gasteiger partial charge in [-0.15, -0.1) is 0 Å². The lowest BCUT2D eigenvalue weighted by Crippen LogP contribution is -2.01. The van der Waals surface area contributed by atoms with Gasteiger partial charge in [0.2, 0.25) is 0 Å². The lowest BCUT2D eigenvalue weighted by molar-refractivity contribution is 0.0601. The topological polar surface area (TPSA) is 55.0 Å². The van der Waals surface area contributed by atoms with Gasteiger partial charge in [-0.2, -0.15) is 0 Å². The Hall–Kier alpha value is -3.40. The molecule has 0 aliphatic carbocycles. The smallest absolute Gasteiger partial charge is 0.337 e. The Bertz CT molecular complexity index is 1050. The number of carbonyl (C=O) groups excluding carboxylic acids is 1. The number of benzene rings is 2. The molecule has 0 saturated heterocycles. The number of hydrogen-bond donors (Lipinski definition) is 1. The van der Waals surface area contributed by atoms with Crippen LogP contribution in [0.3, 0.4) is 0 Å². The molecule has 0 radical (unpaired) electrons. The van der Waals surface area contributed by atoms with Crippen LogP contribution in [0.1, 0.15) is 10.4 Å². The molecule has 0 amide bonds. The summed E-state index contributed by atoms with van der Waals surface area (Å²) in [5.74, 6) is -0.343. The Labute approximate surface area is 145 Å². The molecule has 0 unspecified atom stereocenters. The van der Waals surface area contributed by atoms with Crippen LogP contribution in [0.2, 0.25) is 0 Å². The number of esters is 1. The quantitative estimate of drug-likeness (QED) is 0.555. The zero-order valence-corrected chi connectivity index (χ0v) is 13.7. The minimum absolute atomic E-state index is 0.343. The van der Waals surface area contributed by atoms with E-state index in [1.165, 1.54) is 7.11 Å². The van der Waals surface area contributed by atoms with Gasteiger partial charge in [-0.3, -0.25) is 0 Å². The van der Waals surface area contributed by atoms with Crippen molar-refractivity contribution in [3.63, 3.8) is 0 Å². The molecule has 4 rings (SSSR count). The average Bonchev–Trinajstić information content (AvgIpc) is 3.11. The first-order valence-corrected chi connectivity index (χ1v) is 7.98. The van der Waals surface area contributed by atoms with E-state index in [1.54, 1.807) is 12.3 Å². The van der Waals surface area contributed by atoms with E-state index in [9.17, 15) is 4.79 Å². The second-order valence-electron chi connectivity index (χ2n) is 5.72. The number of nitrogens with zero attached hydrogens (tertiary/aromatic N) is 1. The highest BCUT2D eigenvalue weighted by Gasteiger charge is 2.15. The van der Waals surface area contributed by atoms with Gasteiger partial charge in [-0.1, -0.05) is 36.4 Å². The van der Waals surface area contributed by atoms with Gasteiger partial charge in [0.05, 0.1) is 12.7 Å². The number of methoxy groups -OCH3 is 1. The first-order chi connectivity index (χ1) is 12.3. The van der Waals surface area contributed by atoms with Crippen molar-refractivity contribution in [2.24, 2.45) is 0 Å². The van der Waals surface area contributed by atoms with Crippen LogP contribution in [0.4, 0.5) is 0 Å². The summed E-state index contributed by atoms with van der Waals surface area (Å²) < 4.78 is 4.87. The lowest BCUT2D eigenvalue weighted by atomic mass is 9.93. The van der Waals surface area contributed by atoms with Crippen LogP contribution in [0.25, 0.3) is 33.3 Å². The van der Waals surface area contributed by atoms with Gasteiger partial charge in [0, 0.05) is 23.3 Å². The molecule has 4 aromatic rings. The monoisotopic (exact) mass is 328 g/mol. The fraction of sp³-hybridized carbons (Fsp3) is 0.0476. The Kier molecular flexibility index (Phi) is 3.78. The molecule has 4 nitrogen and oxygen atoms in total. The minimum atomic E-state index is -0.343. The second-order valence-corrected chi connectivity index (χ2v) is 5.72. The molecule has 1 N–H and O–H groups in total. The number of aromatic amines is 1. The van der Waals surface area contributed by atoms with Crippen molar-refractivity contribution in [2.45, 2.75) is 0 Å². The Morgan fingerprint density at radius 3 is 2.60 bits per heavy atom. The number of hydrogen-bond acceptors (Lipinski definition) is 3. The van der Waals surface area contributed by atoms with Crippen LogP contribution < -0.4 is 0 Å². The minimum Gasteiger partial charge on any atom is -0.465 e. The van der Waals surface area contributed by atoms with Gasteiger partial charge >= 0.3 is 5.97 Å². The number of H-pyrrole nitrogens is 1. The molecule has 0 aliphatic heterocycles. The van der Waals surface area contributed by atoms with Crippen molar-refractivity contribution < 1.29 is 9.53 Å². The van der Waals surface area contributed by atoms with E-state index in [0.29, 0.717) is 5.56 Å². The van der Waals surface area contributed by atoms with Gasteiger partial charge in [0.1, 0.15) is 5.65 Å². The summed E-state index contributed by atoms with van der Waals surface area (Å²) in [6, 6.07) is 19.6. The van der Waals surface area contributed by atoms with E-state index >= 15 is 0 Å². The van der Waals surface area contributed by atoms with Crippen molar-refractivity contribution in [3.05, 3.63) is 78.6 Å². The molecule has 2 aromatic carbocycles. The maximum Gasteiger partial charge on any atom is 0.337 e. The number of fused-ring (bicyclic) bond motifs is 1. The fourth-order valence-corrected chi connectivity index (χ4v) is 3.06. The van der Waals surface area contributed by atoms with E-state index in [4.69, 9.17) is 4.74 Å². The highest BCUT2D eigenvalue weighted by Crippen LogP contribution is 2.36. The van der Waals surface area contributed by atoms with E-state index in [-0.39, 0.29) is 5.97 Å². The van der Waals surface area contributed by atoms with E-state index in [1.807, 2.05) is 60.8 Å². The molecular formula is C21H16N2O2. The van der Waals surface area contributed by atoms with Crippen molar-refractivity contribution in [1.29, 1.82) is 0 Å². The Morgan fingerprint density at radius 2 is 1.80 bits per heavy atom. The third-order valence-electron chi connectivity index (χ3n) is 4.27. The number of aromatic nitrogens is 2. The third-order valence-corrected chi connectivity index (χ3v) is 4.27. The highest BCUT2D eigenvalue weighted by atomic mass is 16.5. The molecular weight excluding hydrogens is 312 g/mol. The Balaban J connectivity index is 1.97. The van der Waals surface area contributed by atoms with E-state index in [2.05, 4.69) is 9.97 Å². The number of carbonyl (C=O) groups is 1. The molecule has 0 saturated carbocycles. The summed E-state index contributed by atoms with van der Waals surface area (Å²) in [7, 11) is 1.39. The van der Waals surface area contributed by atoms with Crippen LogP contribution in [0, 0.1) is 0 Å². The average molecular weight is 328 g/mol. The molecule has 25 heavy (non-hydrogen) atoms. The summed E-state index contributed by atoms with van der Waals surface area (Å²) in [6.07, 6.45) is 3.72. The van der Waals surface area contributed by atoms with E-state index < -0.39 is 0 Å². The first kappa shape index (κ1) is 15.1. The SMILES string of the molecule is COC(=O)c1ccc(-c2c[nH]c3ncccc23)c(-c2ccccc2)c1. The van der Waals surface area contributed by atoms with Gasteiger partial charge in [0.25, 0.3) is 0 Å². The van der Waals surface area contributed by atoms with Crippen molar-refractivity contribution >= 4 is 17.0 Å². The molecule has 122 valence electrons. The number of nitrogens with one attached hydrogen (secondary N) is 1. The van der Waals surface area contributed by atoms with Crippen LogP contribution >= 0.6 is 0 Å². The summed E-state index contributed by atoms with van der Waals surface area (Å²) in [5, 5.41) is 1.05. The van der Waals surface area contributed by atoms with Crippen LogP contribution in [0.5, 0.6) is 0 Å².